The highest BCUT2D eigenvalue weighted by Crippen LogP contribution is 2.23. The number of anilines is 3. The Bertz CT molecular complexity index is 1180. The van der Waals surface area contributed by atoms with E-state index in [9.17, 15) is 27.6 Å². The second-order valence-electron chi connectivity index (χ2n) is 6.72. The summed E-state index contributed by atoms with van der Waals surface area (Å²) in [5, 5.41) is 5.59. The number of hydrogen-bond acceptors (Lipinski definition) is 4. The van der Waals surface area contributed by atoms with Gasteiger partial charge in [-0.3, -0.25) is 14.4 Å². The number of pyridine rings is 1. The van der Waals surface area contributed by atoms with Gasteiger partial charge < -0.3 is 15.5 Å². The fourth-order valence-electron chi connectivity index (χ4n) is 2.76. The quantitative estimate of drug-likeness (QED) is 0.555. The van der Waals surface area contributed by atoms with E-state index in [1.165, 1.54) is 48.7 Å². The fourth-order valence-corrected chi connectivity index (χ4v) is 2.87. The highest BCUT2D eigenvalue weighted by Gasteiger charge is 2.41. The topological polar surface area (TPSA) is 91.4 Å². The lowest BCUT2D eigenvalue weighted by atomic mass is 10.1. The van der Waals surface area contributed by atoms with Gasteiger partial charge >= 0.3 is 12.1 Å². The maximum absolute atomic E-state index is 12.6. The van der Waals surface area contributed by atoms with Crippen molar-refractivity contribution < 1.29 is 27.6 Å². The fraction of sp³-hybridized carbons (Fsp3) is 0.0909. The number of nitrogens with zero attached hydrogens (tertiary/aromatic N) is 2. The van der Waals surface area contributed by atoms with Crippen molar-refractivity contribution in [2.45, 2.75) is 6.18 Å². The highest BCUT2D eigenvalue weighted by atomic mass is 35.5. The first-order valence-corrected chi connectivity index (χ1v) is 9.72. The minimum atomic E-state index is -5.02. The zero-order valence-corrected chi connectivity index (χ0v) is 17.7. The van der Waals surface area contributed by atoms with Crippen molar-refractivity contribution >= 4 is 46.5 Å². The van der Waals surface area contributed by atoms with E-state index in [1.54, 1.807) is 18.2 Å². The minimum Gasteiger partial charge on any atom is -0.321 e. The predicted octanol–water partition coefficient (Wildman–Crippen LogP) is 4.76. The lowest BCUT2D eigenvalue weighted by molar-refractivity contribution is -0.170. The van der Waals surface area contributed by atoms with Gasteiger partial charge in [-0.1, -0.05) is 23.7 Å². The third-order valence-corrected chi connectivity index (χ3v) is 4.68. The van der Waals surface area contributed by atoms with Crippen LogP contribution in [0, 0.1) is 0 Å². The summed E-state index contributed by atoms with van der Waals surface area (Å²) in [7, 11) is 0.981. The third kappa shape index (κ3) is 5.86. The van der Waals surface area contributed by atoms with E-state index in [1.807, 2.05) is 0 Å². The molecule has 170 valence electrons. The first kappa shape index (κ1) is 23.7. The van der Waals surface area contributed by atoms with Crippen LogP contribution in [0.3, 0.4) is 0 Å². The number of alkyl halides is 3. The summed E-state index contributed by atoms with van der Waals surface area (Å²) in [6.45, 7) is 0. The molecule has 1 heterocycles. The van der Waals surface area contributed by atoms with Crippen LogP contribution in [0.2, 0.25) is 5.02 Å². The van der Waals surface area contributed by atoms with Crippen LogP contribution in [0.25, 0.3) is 0 Å². The van der Waals surface area contributed by atoms with Crippen molar-refractivity contribution in [2.75, 3.05) is 22.6 Å². The molecule has 0 aliphatic rings. The van der Waals surface area contributed by atoms with Crippen molar-refractivity contribution in [1.29, 1.82) is 0 Å². The molecule has 7 nitrogen and oxygen atoms in total. The van der Waals surface area contributed by atoms with Gasteiger partial charge in [-0.2, -0.15) is 13.2 Å². The maximum Gasteiger partial charge on any atom is 0.471 e. The molecule has 0 unspecified atom stereocenters. The third-order valence-electron chi connectivity index (χ3n) is 4.45. The summed E-state index contributed by atoms with van der Waals surface area (Å²) in [5.74, 6) is -2.90. The summed E-state index contributed by atoms with van der Waals surface area (Å²) >= 11 is 5.78. The van der Waals surface area contributed by atoms with Gasteiger partial charge in [0.2, 0.25) is 0 Å². The zero-order chi connectivity index (χ0) is 24.2. The largest absolute Gasteiger partial charge is 0.471 e. The molecule has 0 fully saturated rings. The number of nitrogens with one attached hydrogen (secondary N) is 2. The van der Waals surface area contributed by atoms with Crippen LogP contribution in [0.4, 0.5) is 30.4 Å². The van der Waals surface area contributed by atoms with E-state index >= 15 is 0 Å². The smallest absolute Gasteiger partial charge is 0.321 e. The standard InChI is InChI=1S/C22H16ClF3N4O3/c1-30(21(33)22(24,25)26)15-9-6-13(7-10-15)19(31)28-17-5-3-2-4-16(17)20(32)29-18-11-8-14(23)12-27-18/h2-12H,1H3,(H,28,31)(H,27,29,32). The van der Waals surface area contributed by atoms with Gasteiger partial charge in [0.05, 0.1) is 16.3 Å². The van der Waals surface area contributed by atoms with Crippen LogP contribution >= 0.6 is 11.6 Å². The molecule has 0 aliphatic heterocycles. The Morgan fingerprint density at radius 1 is 0.909 bits per heavy atom. The first-order chi connectivity index (χ1) is 15.6. The summed E-state index contributed by atoms with van der Waals surface area (Å²) in [4.78, 5) is 41.0. The molecule has 0 radical (unpaired) electrons. The number of rotatable bonds is 5. The molecule has 3 amide bonds. The first-order valence-electron chi connectivity index (χ1n) is 9.34. The van der Waals surface area contributed by atoms with Crippen molar-refractivity contribution in [1.82, 2.24) is 4.98 Å². The number of carbonyl (C=O) groups is 3. The predicted molar refractivity (Wildman–Crippen MR) is 118 cm³/mol. The van der Waals surface area contributed by atoms with E-state index in [0.29, 0.717) is 9.92 Å². The van der Waals surface area contributed by atoms with Gasteiger partial charge in [0.25, 0.3) is 11.8 Å². The number of halogens is 4. The van der Waals surface area contributed by atoms with Gasteiger partial charge in [-0.25, -0.2) is 4.98 Å². The molecule has 0 saturated heterocycles. The number of aromatic nitrogens is 1. The molecule has 0 atom stereocenters. The molecule has 11 heteroatoms. The molecule has 2 aromatic carbocycles. The zero-order valence-electron chi connectivity index (χ0n) is 17.0. The Morgan fingerprint density at radius 3 is 2.18 bits per heavy atom. The summed E-state index contributed by atoms with van der Waals surface area (Å²) in [5.41, 5.74) is 0.447. The van der Waals surface area contributed by atoms with Crippen molar-refractivity contribution in [3.05, 3.63) is 83.0 Å². The van der Waals surface area contributed by atoms with E-state index < -0.39 is 23.9 Å². The summed E-state index contributed by atoms with van der Waals surface area (Å²) in [6.07, 6.45) is -3.65. The van der Waals surface area contributed by atoms with Crippen LogP contribution in [-0.4, -0.2) is 35.9 Å². The second kappa shape index (κ2) is 9.70. The number of hydrogen-bond donors (Lipinski definition) is 2. The molecule has 0 aliphatic carbocycles. The lowest BCUT2D eigenvalue weighted by Gasteiger charge is -2.19. The molecule has 3 rings (SSSR count). The molecule has 1 aromatic heterocycles. The van der Waals surface area contributed by atoms with Crippen LogP contribution in [0.5, 0.6) is 0 Å². The number of carbonyl (C=O) groups excluding carboxylic acids is 3. The van der Waals surface area contributed by atoms with Gasteiger partial charge in [0.1, 0.15) is 5.82 Å². The molecule has 33 heavy (non-hydrogen) atoms. The monoisotopic (exact) mass is 476 g/mol. The van der Waals surface area contributed by atoms with E-state index in [-0.39, 0.29) is 28.3 Å². The molecule has 0 bridgehead atoms. The number of amides is 3. The summed E-state index contributed by atoms with van der Waals surface area (Å²) in [6, 6.07) is 14.3. The van der Waals surface area contributed by atoms with Crippen molar-refractivity contribution in [3.63, 3.8) is 0 Å². The Labute approximate surface area is 191 Å². The van der Waals surface area contributed by atoms with Gasteiger partial charge in [0, 0.05) is 24.5 Å². The molecule has 2 N–H and O–H groups in total. The van der Waals surface area contributed by atoms with Crippen LogP contribution in [0.1, 0.15) is 20.7 Å². The average Bonchev–Trinajstić information content (AvgIpc) is 2.79. The van der Waals surface area contributed by atoms with Crippen LogP contribution < -0.4 is 15.5 Å². The Hall–Kier alpha value is -3.92. The molecule has 0 spiro atoms. The summed E-state index contributed by atoms with van der Waals surface area (Å²) < 4.78 is 37.8. The Balaban J connectivity index is 1.74. The molecular weight excluding hydrogens is 461 g/mol. The Kier molecular flexibility index (Phi) is 6.98. The van der Waals surface area contributed by atoms with Crippen molar-refractivity contribution in [2.24, 2.45) is 0 Å². The molecule has 0 saturated carbocycles. The van der Waals surface area contributed by atoms with Crippen LogP contribution in [-0.2, 0) is 4.79 Å². The van der Waals surface area contributed by atoms with Gasteiger partial charge in [0.15, 0.2) is 0 Å². The normalized spacial score (nSPS) is 10.9. The maximum atomic E-state index is 12.6. The van der Waals surface area contributed by atoms with Gasteiger partial charge in [-0.15, -0.1) is 0 Å². The van der Waals surface area contributed by atoms with E-state index in [2.05, 4.69) is 15.6 Å². The lowest BCUT2D eigenvalue weighted by Crippen LogP contribution is -2.38. The average molecular weight is 477 g/mol. The molecule has 3 aromatic rings. The van der Waals surface area contributed by atoms with Gasteiger partial charge in [-0.05, 0) is 48.5 Å². The van der Waals surface area contributed by atoms with E-state index in [0.717, 1.165) is 7.05 Å². The second-order valence-corrected chi connectivity index (χ2v) is 7.16. The highest BCUT2D eigenvalue weighted by molar-refractivity contribution is 6.30. The van der Waals surface area contributed by atoms with Crippen LogP contribution in [0.15, 0.2) is 66.9 Å². The SMILES string of the molecule is CN(C(=O)C(F)(F)F)c1ccc(C(=O)Nc2ccccc2C(=O)Nc2ccc(Cl)cn2)cc1. The number of benzene rings is 2. The van der Waals surface area contributed by atoms with E-state index in [4.69, 9.17) is 11.6 Å². The molecular formula is C22H16ClF3N4O3. The van der Waals surface area contributed by atoms with Crippen molar-refractivity contribution in [3.8, 4) is 0 Å². The minimum absolute atomic E-state index is 0.0379. The number of para-hydroxylation sites is 1. The Morgan fingerprint density at radius 2 is 1.58 bits per heavy atom.